The lowest BCUT2D eigenvalue weighted by molar-refractivity contribution is 0.0955. The molecular weight excluding hydrogens is 250 g/mol. The van der Waals surface area contributed by atoms with Gasteiger partial charge in [-0.1, -0.05) is 37.3 Å². The van der Waals surface area contributed by atoms with Gasteiger partial charge >= 0.3 is 0 Å². The quantitative estimate of drug-likeness (QED) is 0.508. The summed E-state index contributed by atoms with van der Waals surface area (Å²) in [6.45, 7) is 2.02. The van der Waals surface area contributed by atoms with Crippen LogP contribution < -0.4 is 11.2 Å². The molecule has 0 spiro atoms. The SMILES string of the molecule is CC(/C=N/NC(=O)c1ccc(N)cc1)c1ccccc1. The molecule has 2 aromatic rings. The largest absolute Gasteiger partial charge is 0.399 e. The van der Waals surface area contributed by atoms with E-state index < -0.39 is 0 Å². The van der Waals surface area contributed by atoms with Crippen molar-refractivity contribution in [3.63, 3.8) is 0 Å². The van der Waals surface area contributed by atoms with Gasteiger partial charge in [0.05, 0.1) is 0 Å². The van der Waals surface area contributed by atoms with E-state index in [1.54, 1.807) is 30.5 Å². The van der Waals surface area contributed by atoms with Gasteiger partial charge in [0.25, 0.3) is 5.91 Å². The summed E-state index contributed by atoms with van der Waals surface area (Å²) in [7, 11) is 0. The van der Waals surface area contributed by atoms with Gasteiger partial charge in [-0.3, -0.25) is 4.79 Å². The van der Waals surface area contributed by atoms with E-state index in [1.807, 2.05) is 37.3 Å². The molecule has 0 aliphatic carbocycles. The Balaban J connectivity index is 1.93. The Kier molecular flexibility index (Phi) is 4.50. The molecule has 0 bridgehead atoms. The van der Waals surface area contributed by atoms with Gasteiger partial charge < -0.3 is 5.73 Å². The van der Waals surface area contributed by atoms with Crippen molar-refractivity contribution in [3.8, 4) is 0 Å². The molecule has 0 aromatic heterocycles. The third-order valence-corrected chi connectivity index (χ3v) is 2.96. The predicted octanol–water partition coefficient (Wildman–Crippen LogP) is 2.79. The highest BCUT2D eigenvalue weighted by atomic mass is 16.2. The van der Waals surface area contributed by atoms with Gasteiger partial charge in [0.1, 0.15) is 0 Å². The number of nitrogens with zero attached hydrogens (tertiary/aromatic N) is 1. The molecule has 0 aliphatic heterocycles. The van der Waals surface area contributed by atoms with Crippen molar-refractivity contribution in [3.05, 3.63) is 65.7 Å². The van der Waals surface area contributed by atoms with Gasteiger partial charge in [0.2, 0.25) is 0 Å². The van der Waals surface area contributed by atoms with E-state index in [0.717, 1.165) is 5.56 Å². The van der Waals surface area contributed by atoms with Crippen LogP contribution in [0.3, 0.4) is 0 Å². The molecule has 0 heterocycles. The van der Waals surface area contributed by atoms with Gasteiger partial charge in [-0.25, -0.2) is 5.43 Å². The Labute approximate surface area is 118 Å². The van der Waals surface area contributed by atoms with Crippen molar-refractivity contribution in [1.29, 1.82) is 0 Å². The fourth-order valence-electron chi connectivity index (χ4n) is 1.75. The van der Waals surface area contributed by atoms with Gasteiger partial charge in [-0.2, -0.15) is 5.10 Å². The second-order valence-electron chi connectivity index (χ2n) is 4.54. The van der Waals surface area contributed by atoms with Crippen LogP contribution in [0.1, 0.15) is 28.8 Å². The maximum Gasteiger partial charge on any atom is 0.271 e. The molecule has 0 radical (unpaired) electrons. The Bertz CT molecular complexity index is 591. The van der Waals surface area contributed by atoms with Gasteiger partial charge in [0, 0.05) is 23.4 Å². The number of nitrogens with two attached hydrogens (primary N) is 1. The standard InChI is InChI=1S/C16H17N3O/c1-12(13-5-3-2-4-6-13)11-18-19-16(20)14-7-9-15(17)10-8-14/h2-12H,17H2,1H3,(H,19,20)/b18-11+. The molecule has 0 saturated heterocycles. The molecular formula is C16H17N3O. The first-order valence-corrected chi connectivity index (χ1v) is 6.41. The lowest BCUT2D eigenvalue weighted by Crippen LogP contribution is -2.18. The highest BCUT2D eigenvalue weighted by Gasteiger charge is 2.04. The first kappa shape index (κ1) is 13.8. The van der Waals surface area contributed by atoms with Crippen LogP contribution in [0, 0.1) is 0 Å². The third kappa shape index (κ3) is 3.68. The molecule has 4 heteroatoms. The van der Waals surface area contributed by atoms with Crippen LogP contribution in [-0.2, 0) is 0 Å². The van der Waals surface area contributed by atoms with Crippen LogP contribution >= 0.6 is 0 Å². The van der Waals surface area contributed by atoms with E-state index in [4.69, 9.17) is 5.73 Å². The maximum atomic E-state index is 11.8. The fourth-order valence-corrected chi connectivity index (χ4v) is 1.75. The Morgan fingerprint density at radius 2 is 1.80 bits per heavy atom. The third-order valence-electron chi connectivity index (χ3n) is 2.96. The summed E-state index contributed by atoms with van der Waals surface area (Å²) in [6.07, 6.45) is 1.71. The number of hydrogen-bond acceptors (Lipinski definition) is 3. The molecule has 3 N–H and O–H groups in total. The molecule has 0 aliphatic rings. The summed E-state index contributed by atoms with van der Waals surface area (Å²) in [6, 6.07) is 16.7. The summed E-state index contributed by atoms with van der Waals surface area (Å²) in [5.41, 5.74) is 10.4. The summed E-state index contributed by atoms with van der Waals surface area (Å²) >= 11 is 0. The molecule has 0 saturated carbocycles. The second-order valence-corrected chi connectivity index (χ2v) is 4.54. The summed E-state index contributed by atoms with van der Waals surface area (Å²) in [5.74, 6) is -0.107. The van der Waals surface area contributed by atoms with Crippen LogP contribution in [0.15, 0.2) is 59.7 Å². The molecule has 1 unspecified atom stereocenters. The minimum absolute atomic E-state index is 0.142. The normalized spacial score (nSPS) is 12.2. The van der Waals surface area contributed by atoms with Crippen molar-refractivity contribution >= 4 is 17.8 Å². The maximum absolute atomic E-state index is 11.8. The lowest BCUT2D eigenvalue weighted by atomic mass is 10.0. The summed E-state index contributed by atoms with van der Waals surface area (Å²) in [4.78, 5) is 11.8. The molecule has 0 fully saturated rings. The topological polar surface area (TPSA) is 67.5 Å². The van der Waals surface area contributed by atoms with E-state index in [9.17, 15) is 4.79 Å². The molecule has 4 nitrogen and oxygen atoms in total. The molecule has 2 rings (SSSR count). The zero-order valence-electron chi connectivity index (χ0n) is 11.3. The number of nitrogen functional groups attached to an aromatic ring is 1. The average molecular weight is 267 g/mol. The predicted molar refractivity (Wildman–Crippen MR) is 81.7 cm³/mol. The number of hydrazone groups is 1. The molecule has 1 amide bonds. The van der Waals surface area contributed by atoms with E-state index in [-0.39, 0.29) is 11.8 Å². The van der Waals surface area contributed by atoms with Crippen molar-refractivity contribution in [1.82, 2.24) is 5.43 Å². The second kappa shape index (κ2) is 6.52. The summed E-state index contributed by atoms with van der Waals surface area (Å²) in [5, 5.41) is 3.99. The van der Waals surface area contributed by atoms with E-state index in [1.165, 1.54) is 0 Å². The molecule has 1 atom stereocenters. The monoisotopic (exact) mass is 267 g/mol. The number of amides is 1. The van der Waals surface area contributed by atoms with Gasteiger partial charge in [-0.15, -0.1) is 0 Å². The van der Waals surface area contributed by atoms with Gasteiger partial charge in [-0.05, 0) is 29.8 Å². The summed E-state index contributed by atoms with van der Waals surface area (Å²) < 4.78 is 0. The van der Waals surface area contributed by atoms with E-state index in [2.05, 4.69) is 10.5 Å². The Hall–Kier alpha value is -2.62. The van der Waals surface area contributed by atoms with Crippen LogP contribution in [0.2, 0.25) is 0 Å². The minimum atomic E-state index is -0.249. The average Bonchev–Trinajstić information content (AvgIpc) is 2.48. The number of rotatable bonds is 4. The van der Waals surface area contributed by atoms with Crippen molar-refractivity contribution in [2.24, 2.45) is 5.10 Å². The first-order valence-electron chi connectivity index (χ1n) is 6.41. The number of anilines is 1. The number of hydrogen-bond donors (Lipinski definition) is 2. The molecule has 2 aromatic carbocycles. The number of nitrogens with one attached hydrogen (secondary N) is 1. The highest BCUT2D eigenvalue weighted by Crippen LogP contribution is 2.11. The van der Waals surface area contributed by atoms with Crippen molar-refractivity contribution < 1.29 is 4.79 Å². The van der Waals surface area contributed by atoms with Crippen LogP contribution in [-0.4, -0.2) is 12.1 Å². The Morgan fingerprint density at radius 3 is 2.45 bits per heavy atom. The van der Waals surface area contributed by atoms with Crippen LogP contribution in [0.5, 0.6) is 0 Å². The van der Waals surface area contributed by atoms with Gasteiger partial charge in [0.15, 0.2) is 0 Å². The number of benzene rings is 2. The number of carbonyl (C=O) groups is 1. The number of carbonyl (C=O) groups excluding carboxylic acids is 1. The minimum Gasteiger partial charge on any atom is -0.399 e. The molecule has 102 valence electrons. The smallest absolute Gasteiger partial charge is 0.271 e. The molecule has 20 heavy (non-hydrogen) atoms. The van der Waals surface area contributed by atoms with E-state index in [0.29, 0.717) is 11.3 Å². The van der Waals surface area contributed by atoms with Crippen molar-refractivity contribution in [2.75, 3.05) is 5.73 Å². The highest BCUT2D eigenvalue weighted by molar-refractivity contribution is 5.94. The Morgan fingerprint density at radius 1 is 1.15 bits per heavy atom. The van der Waals surface area contributed by atoms with Crippen molar-refractivity contribution in [2.45, 2.75) is 12.8 Å². The fraction of sp³-hybridized carbons (Fsp3) is 0.125. The van der Waals surface area contributed by atoms with E-state index >= 15 is 0 Å². The zero-order valence-corrected chi connectivity index (χ0v) is 11.3. The first-order chi connectivity index (χ1) is 9.66. The zero-order chi connectivity index (χ0) is 14.4. The van der Waals surface area contributed by atoms with Crippen LogP contribution in [0.4, 0.5) is 5.69 Å². The lowest BCUT2D eigenvalue weighted by Gasteiger charge is -2.05. The van der Waals surface area contributed by atoms with Crippen LogP contribution in [0.25, 0.3) is 0 Å².